The SMILES string of the molecule is CCNC(=NCC1(O)CCOCC1)NC(C)c1cccc(-n2cccn2)c1. The molecule has 1 aliphatic heterocycles. The van der Waals surface area contributed by atoms with E-state index < -0.39 is 5.60 Å². The molecule has 27 heavy (non-hydrogen) atoms. The highest BCUT2D eigenvalue weighted by Gasteiger charge is 2.29. The third-order valence-corrected chi connectivity index (χ3v) is 4.79. The lowest BCUT2D eigenvalue weighted by molar-refractivity contribution is -0.0566. The number of rotatable bonds is 6. The quantitative estimate of drug-likeness (QED) is 0.535. The zero-order valence-corrected chi connectivity index (χ0v) is 16.1. The van der Waals surface area contributed by atoms with Gasteiger partial charge in [0.05, 0.1) is 23.9 Å². The van der Waals surface area contributed by atoms with Crippen LogP contribution in [0.25, 0.3) is 5.69 Å². The molecule has 1 aromatic heterocycles. The highest BCUT2D eigenvalue weighted by Crippen LogP contribution is 2.21. The zero-order chi connectivity index (χ0) is 19.1. The molecule has 0 spiro atoms. The van der Waals surface area contributed by atoms with Crippen LogP contribution in [-0.4, -0.2) is 52.8 Å². The highest BCUT2D eigenvalue weighted by molar-refractivity contribution is 5.80. The summed E-state index contributed by atoms with van der Waals surface area (Å²) in [6, 6.07) is 10.2. The Morgan fingerprint density at radius 1 is 1.37 bits per heavy atom. The van der Waals surface area contributed by atoms with Gasteiger partial charge < -0.3 is 20.5 Å². The molecule has 3 N–H and O–H groups in total. The van der Waals surface area contributed by atoms with Crippen LogP contribution in [0.5, 0.6) is 0 Å². The Kier molecular flexibility index (Phi) is 6.47. The van der Waals surface area contributed by atoms with Gasteiger partial charge in [-0.15, -0.1) is 0 Å². The summed E-state index contributed by atoms with van der Waals surface area (Å²) in [5.74, 6) is 0.703. The molecule has 0 saturated carbocycles. The summed E-state index contributed by atoms with van der Waals surface area (Å²) in [5, 5.41) is 21.6. The van der Waals surface area contributed by atoms with E-state index in [-0.39, 0.29) is 6.04 Å². The molecule has 146 valence electrons. The third-order valence-electron chi connectivity index (χ3n) is 4.79. The first-order chi connectivity index (χ1) is 13.1. The second-order valence-corrected chi connectivity index (χ2v) is 6.94. The molecule has 1 saturated heterocycles. The minimum Gasteiger partial charge on any atom is -0.388 e. The number of hydrogen-bond acceptors (Lipinski definition) is 4. The molecule has 2 heterocycles. The maximum Gasteiger partial charge on any atom is 0.191 e. The molecule has 1 unspecified atom stereocenters. The van der Waals surface area contributed by atoms with Crippen LogP contribution < -0.4 is 10.6 Å². The number of aromatic nitrogens is 2. The molecule has 7 heteroatoms. The first-order valence-electron chi connectivity index (χ1n) is 9.54. The second-order valence-electron chi connectivity index (χ2n) is 6.94. The van der Waals surface area contributed by atoms with Gasteiger partial charge in [-0.25, -0.2) is 4.68 Å². The smallest absolute Gasteiger partial charge is 0.191 e. The van der Waals surface area contributed by atoms with Gasteiger partial charge in [0.25, 0.3) is 0 Å². The van der Waals surface area contributed by atoms with Crippen LogP contribution in [0.15, 0.2) is 47.7 Å². The summed E-state index contributed by atoms with van der Waals surface area (Å²) in [6.45, 7) is 6.43. The lowest BCUT2D eigenvalue weighted by atomic mass is 9.95. The predicted octanol–water partition coefficient (Wildman–Crippen LogP) is 2.03. The van der Waals surface area contributed by atoms with Crippen LogP contribution in [0.1, 0.15) is 38.3 Å². The molecule has 0 amide bonds. The van der Waals surface area contributed by atoms with E-state index in [1.807, 2.05) is 36.0 Å². The van der Waals surface area contributed by atoms with Crippen LogP contribution >= 0.6 is 0 Å². The fourth-order valence-electron chi connectivity index (χ4n) is 3.10. The van der Waals surface area contributed by atoms with E-state index in [1.165, 1.54) is 0 Å². The van der Waals surface area contributed by atoms with Gasteiger partial charge in [0, 0.05) is 45.0 Å². The summed E-state index contributed by atoms with van der Waals surface area (Å²) in [7, 11) is 0. The number of aliphatic imine (C=N–C) groups is 1. The van der Waals surface area contributed by atoms with Crippen LogP contribution in [-0.2, 0) is 4.74 Å². The van der Waals surface area contributed by atoms with Gasteiger partial charge in [-0.2, -0.15) is 5.10 Å². The van der Waals surface area contributed by atoms with Crippen molar-refractivity contribution in [3.05, 3.63) is 48.3 Å². The Bertz CT molecular complexity index is 739. The van der Waals surface area contributed by atoms with Crippen molar-refractivity contribution in [2.45, 2.75) is 38.3 Å². The standard InChI is InChI=1S/C20H29N5O2/c1-3-21-19(22-15-20(26)8-12-27-13-9-20)24-16(2)17-6-4-7-18(14-17)25-11-5-10-23-25/h4-7,10-11,14,16,26H,3,8-9,12-13,15H2,1-2H3,(H2,21,22,24). The highest BCUT2D eigenvalue weighted by atomic mass is 16.5. The lowest BCUT2D eigenvalue weighted by Crippen LogP contribution is -2.43. The molecule has 3 rings (SSSR count). The van der Waals surface area contributed by atoms with E-state index >= 15 is 0 Å². The van der Waals surface area contributed by atoms with E-state index in [2.05, 4.69) is 39.8 Å². The molecule has 1 aromatic carbocycles. The molecule has 1 fully saturated rings. The number of ether oxygens (including phenoxy) is 1. The lowest BCUT2D eigenvalue weighted by Gasteiger charge is -2.30. The molecule has 7 nitrogen and oxygen atoms in total. The average Bonchev–Trinajstić information content (AvgIpc) is 3.22. The van der Waals surface area contributed by atoms with E-state index in [0.717, 1.165) is 17.8 Å². The van der Waals surface area contributed by atoms with Crippen molar-refractivity contribution in [1.29, 1.82) is 0 Å². The van der Waals surface area contributed by atoms with Crippen LogP contribution in [0.2, 0.25) is 0 Å². The molecule has 1 aliphatic rings. The Morgan fingerprint density at radius 3 is 2.89 bits per heavy atom. The second kappa shape index (κ2) is 9.01. The van der Waals surface area contributed by atoms with E-state index in [9.17, 15) is 5.11 Å². The van der Waals surface area contributed by atoms with E-state index in [0.29, 0.717) is 38.6 Å². The summed E-state index contributed by atoms with van der Waals surface area (Å²) >= 11 is 0. The van der Waals surface area contributed by atoms with Gasteiger partial charge in [0.15, 0.2) is 5.96 Å². The minimum absolute atomic E-state index is 0.0580. The number of benzene rings is 1. The number of nitrogens with one attached hydrogen (secondary N) is 2. The van der Waals surface area contributed by atoms with Crippen molar-refractivity contribution in [2.24, 2.45) is 4.99 Å². The molecule has 0 radical (unpaired) electrons. The summed E-state index contributed by atoms with van der Waals surface area (Å²) < 4.78 is 7.18. The van der Waals surface area contributed by atoms with Crippen LogP contribution in [0.4, 0.5) is 0 Å². The normalized spacial score (nSPS) is 18.1. The van der Waals surface area contributed by atoms with Gasteiger partial charge in [0.1, 0.15) is 0 Å². The first kappa shape index (κ1) is 19.4. The van der Waals surface area contributed by atoms with Crippen LogP contribution in [0, 0.1) is 0 Å². The number of nitrogens with zero attached hydrogens (tertiary/aromatic N) is 3. The summed E-state index contributed by atoms with van der Waals surface area (Å²) in [5.41, 5.74) is 1.38. The fraction of sp³-hybridized carbons (Fsp3) is 0.500. The van der Waals surface area contributed by atoms with Gasteiger partial charge >= 0.3 is 0 Å². The largest absolute Gasteiger partial charge is 0.388 e. The Balaban J connectivity index is 1.68. The zero-order valence-electron chi connectivity index (χ0n) is 16.1. The van der Waals surface area contributed by atoms with Crippen molar-refractivity contribution in [3.63, 3.8) is 0 Å². The molecular formula is C20H29N5O2. The number of aliphatic hydroxyl groups is 1. The average molecular weight is 371 g/mol. The molecule has 0 bridgehead atoms. The fourth-order valence-corrected chi connectivity index (χ4v) is 3.10. The Labute approximate surface area is 160 Å². The molecule has 1 atom stereocenters. The number of hydrogen-bond donors (Lipinski definition) is 3. The predicted molar refractivity (Wildman–Crippen MR) is 106 cm³/mol. The van der Waals surface area contributed by atoms with Gasteiger partial charge in [-0.3, -0.25) is 4.99 Å². The Morgan fingerprint density at radius 2 is 2.19 bits per heavy atom. The van der Waals surface area contributed by atoms with Gasteiger partial charge in [-0.05, 0) is 37.6 Å². The first-order valence-corrected chi connectivity index (χ1v) is 9.54. The summed E-state index contributed by atoms with van der Waals surface area (Å²) in [6.07, 6.45) is 4.94. The monoisotopic (exact) mass is 371 g/mol. The van der Waals surface area contributed by atoms with Crippen molar-refractivity contribution < 1.29 is 9.84 Å². The van der Waals surface area contributed by atoms with Crippen molar-refractivity contribution >= 4 is 5.96 Å². The maximum absolute atomic E-state index is 10.6. The Hall–Kier alpha value is -2.38. The van der Waals surface area contributed by atoms with Gasteiger partial charge in [0.2, 0.25) is 0 Å². The van der Waals surface area contributed by atoms with Gasteiger partial charge in [-0.1, -0.05) is 12.1 Å². The van der Waals surface area contributed by atoms with Crippen LogP contribution in [0.3, 0.4) is 0 Å². The third kappa shape index (κ3) is 5.30. The number of guanidine groups is 1. The summed E-state index contributed by atoms with van der Waals surface area (Å²) in [4.78, 5) is 4.62. The molecular weight excluding hydrogens is 342 g/mol. The van der Waals surface area contributed by atoms with Crippen molar-refractivity contribution in [1.82, 2.24) is 20.4 Å². The van der Waals surface area contributed by atoms with Crippen molar-refractivity contribution in [2.75, 3.05) is 26.3 Å². The van der Waals surface area contributed by atoms with E-state index in [4.69, 9.17) is 4.74 Å². The maximum atomic E-state index is 10.6. The molecule has 2 aromatic rings. The van der Waals surface area contributed by atoms with E-state index in [1.54, 1.807) is 6.20 Å². The minimum atomic E-state index is -0.774. The molecule has 0 aliphatic carbocycles. The van der Waals surface area contributed by atoms with Crippen molar-refractivity contribution in [3.8, 4) is 5.69 Å². The topological polar surface area (TPSA) is 83.7 Å².